The molecule has 0 aliphatic rings. The minimum atomic E-state index is -1.80. The fourth-order valence-corrected chi connectivity index (χ4v) is 0.612. The molecule has 0 aromatic rings. The monoisotopic (exact) mass is 156 g/mol. The van der Waals surface area contributed by atoms with E-state index in [-0.39, 0.29) is 0 Å². The van der Waals surface area contributed by atoms with Crippen molar-refractivity contribution in [2.75, 3.05) is 7.11 Å². The first-order chi connectivity index (χ1) is 2.81. The Labute approximate surface area is 41.9 Å². The predicted molar refractivity (Wildman–Crippen MR) is 23.9 cm³/mol. The van der Waals surface area contributed by atoms with Crippen LogP contribution in [-0.4, -0.2) is 21.3 Å². The molecular weight excluding hydrogens is 147 g/mol. The van der Waals surface area contributed by atoms with Crippen LogP contribution < -0.4 is 0 Å². The Balaban J connectivity index is 2.99. The molecule has 38 valence electrons. The molecule has 1 unspecified atom stereocenters. The summed E-state index contributed by atoms with van der Waals surface area (Å²) in [5.74, 6) is 0. The van der Waals surface area contributed by atoms with Gasteiger partial charge in [0.1, 0.15) is 0 Å². The molecule has 0 aromatic carbocycles. The average Bonchev–Trinajstić information content (AvgIpc) is 1.65. The third kappa shape index (κ3) is 2.51. The Morgan fingerprint density at radius 1 is 1.83 bits per heavy atom. The Bertz CT molecular complexity index is 46.8. The van der Waals surface area contributed by atoms with E-state index in [4.69, 9.17) is 0 Å². The molecule has 0 heterocycles. The molecule has 0 spiro atoms. The van der Waals surface area contributed by atoms with Crippen molar-refractivity contribution in [3.8, 4) is 0 Å². The molecule has 6 heavy (non-hydrogen) atoms. The summed E-state index contributed by atoms with van der Waals surface area (Å²) in [6, 6.07) is 0. The van der Waals surface area contributed by atoms with Gasteiger partial charge in [-0.3, -0.25) is 0 Å². The Morgan fingerprint density at radius 3 is 2.33 bits per heavy atom. The van der Waals surface area contributed by atoms with Gasteiger partial charge in [-0.15, -0.1) is 0 Å². The summed E-state index contributed by atoms with van der Waals surface area (Å²) in [6.45, 7) is 1.85. The van der Waals surface area contributed by atoms with Gasteiger partial charge in [-0.1, -0.05) is 0 Å². The van der Waals surface area contributed by atoms with Gasteiger partial charge in [0.25, 0.3) is 0 Å². The van der Waals surface area contributed by atoms with Crippen LogP contribution in [0.3, 0.4) is 0 Å². The average molecular weight is 155 g/mol. The van der Waals surface area contributed by atoms with E-state index < -0.39 is 14.2 Å². The van der Waals surface area contributed by atoms with Gasteiger partial charge < -0.3 is 0 Å². The normalized spacial score (nSPS) is 14.3. The molecule has 0 rings (SSSR count). The maximum absolute atomic E-state index is 10.2. The molecule has 0 bridgehead atoms. The van der Waals surface area contributed by atoms with Crippen LogP contribution >= 0.6 is 0 Å². The van der Waals surface area contributed by atoms with Crippen LogP contribution in [0.15, 0.2) is 0 Å². The van der Waals surface area contributed by atoms with Crippen LogP contribution in [0.2, 0.25) is 5.32 Å². The zero-order chi connectivity index (χ0) is 4.99. The Hall–Kier alpha value is 0.279. The third-order valence-electron chi connectivity index (χ3n) is 0.422. The van der Waals surface area contributed by atoms with Crippen LogP contribution in [0.25, 0.3) is 0 Å². The zero-order valence-corrected chi connectivity index (χ0v) is 5.64. The van der Waals surface area contributed by atoms with Crippen molar-refractivity contribution in [2.45, 2.75) is 12.2 Å². The molecule has 0 radical (unpaired) electrons. The van der Waals surface area contributed by atoms with E-state index in [2.05, 4.69) is 3.82 Å². The van der Waals surface area contributed by atoms with Gasteiger partial charge in [0.2, 0.25) is 0 Å². The first kappa shape index (κ1) is 6.28. The van der Waals surface area contributed by atoms with E-state index >= 15 is 0 Å². The van der Waals surface area contributed by atoms with Crippen LogP contribution in [-0.2, 0) is 7.65 Å². The molecular formula is C3H8O2Se. The summed E-state index contributed by atoms with van der Waals surface area (Å²) in [7, 11) is 1.47. The third-order valence-corrected chi connectivity index (χ3v) is 2.19. The number of hydrogen-bond donors (Lipinski definition) is 0. The van der Waals surface area contributed by atoms with Gasteiger partial charge in [0, 0.05) is 0 Å². The molecule has 0 N–H and O–H groups in total. The van der Waals surface area contributed by atoms with Gasteiger partial charge >= 0.3 is 41.2 Å². The van der Waals surface area contributed by atoms with E-state index in [1.54, 1.807) is 0 Å². The van der Waals surface area contributed by atoms with Crippen molar-refractivity contribution in [1.29, 1.82) is 0 Å². The molecule has 2 nitrogen and oxygen atoms in total. The second-order valence-electron chi connectivity index (χ2n) is 0.759. The van der Waals surface area contributed by atoms with Crippen LogP contribution in [0.1, 0.15) is 6.92 Å². The molecule has 0 aliphatic heterocycles. The Morgan fingerprint density at radius 2 is 2.33 bits per heavy atom. The van der Waals surface area contributed by atoms with Crippen molar-refractivity contribution in [3.63, 3.8) is 0 Å². The quantitative estimate of drug-likeness (QED) is 0.545. The Kier molecular flexibility index (Phi) is 3.63. The minimum absolute atomic E-state index is 0.677. The summed E-state index contributed by atoms with van der Waals surface area (Å²) in [6.07, 6.45) is 0. The predicted octanol–water partition coefficient (Wildman–Crippen LogP) is 0.571. The second-order valence-corrected chi connectivity index (χ2v) is 3.94. The fraction of sp³-hybridized carbons (Fsp3) is 1.00. The molecule has 0 saturated heterocycles. The molecule has 0 aromatic heterocycles. The van der Waals surface area contributed by atoms with E-state index in [9.17, 15) is 3.83 Å². The topological polar surface area (TPSA) is 26.3 Å². The summed E-state index contributed by atoms with van der Waals surface area (Å²) in [4.78, 5) is 0. The molecule has 0 fully saturated rings. The zero-order valence-electron chi connectivity index (χ0n) is 3.93. The first-order valence-corrected chi connectivity index (χ1v) is 4.35. The van der Waals surface area contributed by atoms with Gasteiger partial charge in [-0.25, -0.2) is 0 Å². The summed E-state index contributed by atoms with van der Waals surface area (Å²) in [5, 5.41) is 0.677. The van der Waals surface area contributed by atoms with Crippen LogP contribution in [0, 0.1) is 0 Å². The van der Waals surface area contributed by atoms with E-state index in [1.165, 1.54) is 7.11 Å². The van der Waals surface area contributed by atoms with Gasteiger partial charge in [-0.05, 0) is 0 Å². The van der Waals surface area contributed by atoms with E-state index in [0.29, 0.717) is 5.32 Å². The van der Waals surface area contributed by atoms with Crippen molar-refractivity contribution in [2.24, 2.45) is 0 Å². The molecule has 0 saturated carbocycles. The van der Waals surface area contributed by atoms with Crippen LogP contribution in [0.4, 0.5) is 0 Å². The van der Waals surface area contributed by atoms with Gasteiger partial charge in [-0.2, -0.15) is 0 Å². The van der Waals surface area contributed by atoms with Crippen molar-refractivity contribution in [3.05, 3.63) is 0 Å². The van der Waals surface area contributed by atoms with E-state index in [1.807, 2.05) is 6.92 Å². The van der Waals surface area contributed by atoms with E-state index in [0.717, 1.165) is 0 Å². The summed E-state index contributed by atoms with van der Waals surface area (Å²) >= 11 is -1.80. The van der Waals surface area contributed by atoms with Crippen molar-refractivity contribution in [1.82, 2.24) is 0 Å². The van der Waals surface area contributed by atoms with Gasteiger partial charge in [0.05, 0.1) is 0 Å². The molecule has 1 atom stereocenters. The first-order valence-electron chi connectivity index (χ1n) is 1.74. The molecule has 3 heteroatoms. The second kappa shape index (κ2) is 3.47. The van der Waals surface area contributed by atoms with Crippen LogP contribution in [0.5, 0.6) is 0 Å². The van der Waals surface area contributed by atoms with Crippen molar-refractivity contribution >= 4 is 14.2 Å². The molecule has 0 amide bonds. The maximum atomic E-state index is 10.2. The summed E-state index contributed by atoms with van der Waals surface area (Å²) in [5.41, 5.74) is 0. The summed E-state index contributed by atoms with van der Waals surface area (Å²) < 4.78 is 14.6. The number of hydrogen-bond acceptors (Lipinski definition) is 2. The standard InChI is InChI=1S/C3H8O2Se/c1-3-6(4)5-2/h3H2,1-2H3. The van der Waals surface area contributed by atoms with Gasteiger partial charge in [0.15, 0.2) is 0 Å². The fourth-order valence-electron chi connectivity index (χ4n) is 0.118. The number of rotatable bonds is 2. The SMILES string of the molecule is CC[Se](=O)OC. The van der Waals surface area contributed by atoms with Crippen molar-refractivity contribution < 1.29 is 7.65 Å². The molecule has 0 aliphatic carbocycles.